The van der Waals surface area contributed by atoms with E-state index in [-0.39, 0.29) is 0 Å². The molecule has 2 unspecified atom stereocenters. The quantitative estimate of drug-likeness (QED) is 0.618. The number of sulfone groups is 1. The van der Waals surface area contributed by atoms with Crippen LogP contribution in [0.5, 0.6) is 0 Å². The van der Waals surface area contributed by atoms with E-state index in [1.165, 1.54) is 47.4 Å². The Morgan fingerprint density at radius 2 is 1.69 bits per heavy atom. The predicted octanol–water partition coefficient (Wildman–Crippen LogP) is 5.10. The van der Waals surface area contributed by atoms with E-state index < -0.39 is 9.84 Å². The zero-order valence-electron chi connectivity index (χ0n) is 17.0. The van der Waals surface area contributed by atoms with E-state index >= 15 is 0 Å². The van der Waals surface area contributed by atoms with Gasteiger partial charge >= 0.3 is 0 Å². The van der Waals surface area contributed by atoms with Gasteiger partial charge in [-0.3, -0.25) is 0 Å². The molecule has 1 fully saturated rings. The summed E-state index contributed by atoms with van der Waals surface area (Å²) in [4.78, 5) is 0.404. The van der Waals surface area contributed by atoms with E-state index in [0.29, 0.717) is 16.9 Å². The first-order valence-electron chi connectivity index (χ1n) is 10.5. The maximum absolute atomic E-state index is 11.7. The van der Waals surface area contributed by atoms with Gasteiger partial charge in [-0.15, -0.1) is 0 Å². The normalized spacial score (nSPS) is 20.0. The van der Waals surface area contributed by atoms with Crippen molar-refractivity contribution >= 4 is 20.6 Å². The van der Waals surface area contributed by atoms with Gasteiger partial charge in [-0.2, -0.15) is 0 Å². The van der Waals surface area contributed by atoms with Crippen molar-refractivity contribution in [2.24, 2.45) is 0 Å². The average molecular weight is 408 g/mol. The molecule has 0 aliphatic heterocycles. The van der Waals surface area contributed by atoms with Gasteiger partial charge in [0.25, 0.3) is 0 Å². The van der Waals surface area contributed by atoms with Gasteiger partial charge in [0.15, 0.2) is 9.84 Å². The third kappa shape index (κ3) is 4.88. The third-order valence-corrected chi connectivity index (χ3v) is 7.29. The van der Waals surface area contributed by atoms with Crippen LogP contribution in [-0.4, -0.2) is 27.3 Å². The summed E-state index contributed by atoms with van der Waals surface area (Å²) in [7, 11) is -3.13. The SMILES string of the molecule is CS(=O)(=O)c1ccc(C2CCCC(NCCc3cccc4ccccc34)C2)cc1. The van der Waals surface area contributed by atoms with Gasteiger partial charge in [0, 0.05) is 12.3 Å². The topological polar surface area (TPSA) is 46.2 Å². The van der Waals surface area contributed by atoms with Crippen molar-refractivity contribution in [3.63, 3.8) is 0 Å². The summed E-state index contributed by atoms with van der Waals surface area (Å²) >= 11 is 0. The van der Waals surface area contributed by atoms with Crippen LogP contribution in [0.3, 0.4) is 0 Å². The van der Waals surface area contributed by atoms with Crippen LogP contribution in [0.2, 0.25) is 0 Å². The van der Waals surface area contributed by atoms with Gasteiger partial charge in [0.2, 0.25) is 0 Å². The molecule has 1 N–H and O–H groups in total. The van der Waals surface area contributed by atoms with Gasteiger partial charge in [-0.1, -0.05) is 61.0 Å². The van der Waals surface area contributed by atoms with E-state index in [1.54, 1.807) is 12.1 Å². The lowest BCUT2D eigenvalue weighted by Gasteiger charge is -2.30. The van der Waals surface area contributed by atoms with E-state index in [0.717, 1.165) is 19.4 Å². The molecule has 2 atom stereocenters. The Balaban J connectivity index is 1.35. The van der Waals surface area contributed by atoms with Crippen LogP contribution < -0.4 is 5.32 Å². The molecule has 3 aromatic rings. The summed E-state index contributed by atoms with van der Waals surface area (Å²) in [6.07, 6.45) is 7.02. The molecule has 0 bridgehead atoms. The molecule has 0 aromatic heterocycles. The Bertz CT molecular complexity index is 1070. The molecule has 4 rings (SSSR count). The van der Waals surface area contributed by atoms with Gasteiger partial charge in [-0.25, -0.2) is 8.42 Å². The van der Waals surface area contributed by atoms with Crippen LogP contribution in [-0.2, 0) is 16.3 Å². The molecule has 0 heterocycles. The van der Waals surface area contributed by atoms with Crippen molar-refractivity contribution in [2.45, 2.75) is 49.0 Å². The minimum atomic E-state index is -3.13. The summed E-state index contributed by atoms with van der Waals surface area (Å²) in [6.45, 7) is 0.985. The zero-order chi connectivity index (χ0) is 20.3. The fraction of sp³-hybridized carbons (Fsp3) is 0.360. The van der Waals surface area contributed by atoms with E-state index in [2.05, 4.69) is 47.8 Å². The Kier molecular flexibility index (Phi) is 6.02. The first kappa shape index (κ1) is 20.1. The first-order chi connectivity index (χ1) is 14.0. The summed E-state index contributed by atoms with van der Waals surface area (Å²) < 4.78 is 23.4. The third-order valence-electron chi connectivity index (χ3n) is 6.16. The highest BCUT2D eigenvalue weighted by Gasteiger charge is 2.23. The van der Waals surface area contributed by atoms with Crippen molar-refractivity contribution in [3.05, 3.63) is 77.9 Å². The molecule has 3 nitrogen and oxygen atoms in total. The Labute approximate surface area is 174 Å². The molecule has 0 spiro atoms. The number of rotatable bonds is 6. The van der Waals surface area contributed by atoms with Crippen LogP contribution in [0.25, 0.3) is 10.8 Å². The molecule has 1 saturated carbocycles. The summed E-state index contributed by atoms with van der Waals surface area (Å²) in [5.41, 5.74) is 2.66. The molecule has 152 valence electrons. The Hall–Kier alpha value is -2.17. The standard InChI is InChI=1S/C25H29NO2S/c1-29(27,28)24-14-12-19(13-15-24)22-9-5-10-23(18-22)26-17-16-21-8-4-7-20-6-2-3-11-25(20)21/h2-4,6-8,11-15,22-23,26H,5,9-10,16-18H2,1H3. The van der Waals surface area contributed by atoms with Crippen LogP contribution in [0.15, 0.2) is 71.6 Å². The highest BCUT2D eigenvalue weighted by Crippen LogP contribution is 2.33. The lowest BCUT2D eigenvalue weighted by Crippen LogP contribution is -2.34. The first-order valence-corrected chi connectivity index (χ1v) is 12.4. The number of fused-ring (bicyclic) bond motifs is 1. The second-order valence-corrected chi connectivity index (χ2v) is 10.3. The molecule has 1 aliphatic rings. The predicted molar refractivity (Wildman–Crippen MR) is 120 cm³/mol. The largest absolute Gasteiger partial charge is 0.314 e. The van der Waals surface area contributed by atoms with Gasteiger partial charge in [0.05, 0.1) is 4.90 Å². The smallest absolute Gasteiger partial charge is 0.175 e. The Morgan fingerprint density at radius 3 is 2.48 bits per heavy atom. The van der Waals surface area contributed by atoms with Crippen molar-refractivity contribution in [3.8, 4) is 0 Å². The fourth-order valence-corrected chi connectivity index (χ4v) is 5.22. The number of hydrogen-bond donors (Lipinski definition) is 1. The number of hydrogen-bond acceptors (Lipinski definition) is 3. The minimum Gasteiger partial charge on any atom is -0.314 e. The molecule has 1 aliphatic carbocycles. The zero-order valence-corrected chi connectivity index (χ0v) is 17.8. The molecule has 4 heteroatoms. The molecule has 0 amide bonds. The lowest BCUT2D eigenvalue weighted by molar-refractivity contribution is 0.341. The molecule has 29 heavy (non-hydrogen) atoms. The monoisotopic (exact) mass is 407 g/mol. The maximum Gasteiger partial charge on any atom is 0.175 e. The summed E-state index contributed by atoms with van der Waals surface area (Å²) in [5, 5.41) is 6.43. The molecule has 3 aromatic carbocycles. The van der Waals surface area contributed by atoms with Crippen molar-refractivity contribution < 1.29 is 8.42 Å². The van der Waals surface area contributed by atoms with E-state index in [4.69, 9.17) is 0 Å². The van der Waals surface area contributed by atoms with Crippen LogP contribution in [0.1, 0.15) is 42.7 Å². The molecule has 0 radical (unpaired) electrons. The molecular weight excluding hydrogens is 378 g/mol. The van der Waals surface area contributed by atoms with Gasteiger partial charge in [-0.05, 0) is 72.2 Å². The lowest BCUT2D eigenvalue weighted by atomic mass is 9.81. The maximum atomic E-state index is 11.7. The van der Waals surface area contributed by atoms with E-state index in [1.807, 2.05) is 12.1 Å². The molecular formula is C25H29NO2S. The summed E-state index contributed by atoms with van der Waals surface area (Å²) in [5.74, 6) is 0.507. The second-order valence-electron chi connectivity index (χ2n) is 8.24. The Morgan fingerprint density at radius 1 is 0.931 bits per heavy atom. The highest BCUT2D eigenvalue weighted by molar-refractivity contribution is 7.90. The van der Waals surface area contributed by atoms with Crippen LogP contribution in [0.4, 0.5) is 0 Å². The van der Waals surface area contributed by atoms with Crippen molar-refractivity contribution in [1.29, 1.82) is 0 Å². The number of nitrogens with one attached hydrogen (secondary N) is 1. The second kappa shape index (κ2) is 8.68. The van der Waals surface area contributed by atoms with Crippen molar-refractivity contribution in [2.75, 3.05) is 12.8 Å². The van der Waals surface area contributed by atoms with Crippen molar-refractivity contribution in [1.82, 2.24) is 5.32 Å². The average Bonchev–Trinajstić information content (AvgIpc) is 2.74. The van der Waals surface area contributed by atoms with Crippen LogP contribution in [0, 0.1) is 0 Å². The van der Waals surface area contributed by atoms with Gasteiger partial charge < -0.3 is 5.32 Å². The van der Waals surface area contributed by atoms with Crippen LogP contribution >= 0.6 is 0 Å². The van der Waals surface area contributed by atoms with E-state index in [9.17, 15) is 8.42 Å². The minimum absolute atomic E-state index is 0.404. The summed E-state index contributed by atoms with van der Waals surface area (Å²) in [6, 6.07) is 23.2. The highest BCUT2D eigenvalue weighted by atomic mass is 32.2. The van der Waals surface area contributed by atoms with Gasteiger partial charge in [0.1, 0.15) is 0 Å². The number of benzene rings is 3. The fourth-order valence-electron chi connectivity index (χ4n) is 4.59. The molecule has 0 saturated heterocycles.